The van der Waals surface area contributed by atoms with E-state index in [4.69, 9.17) is 4.98 Å². The first kappa shape index (κ1) is 21.8. The Labute approximate surface area is 196 Å². The highest BCUT2D eigenvalue weighted by Gasteiger charge is 2.27. The van der Waals surface area contributed by atoms with Crippen LogP contribution in [-0.2, 0) is 24.3 Å². The fourth-order valence-electron chi connectivity index (χ4n) is 4.17. The molecular formula is C27H24F2N4O. The molecule has 5 rings (SSSR count). The van der Waals surface area contributed by atoms with Gasteiger partial charge in [0.2, 0.25) is 5.91 Å². The average Bonchev–Trinajstić information content (AvgIpc) is 3.20. The average molecular weight is 459 g/mol. The first-order valence-electron chi connectivity index (χ1n) is 11.2. The van der Waals surface area contributed by atoms with Gasteiger partial charge in [0.05, 0.1) is 13.0 Å². The van der Waals surface area contributed by atoms with Gasteiger partial charge >= 0.3 is 0 Å². The molecule has 0 atom stereocenters. The van der Waals surface area contributed by atoms with Gasteiger partial charge in [-0.3, -0.25) is 4.79 Å². The van der Waals surface area contributed by atoms with Gasteiger partial charge in [0.25, 0.3) is 0 Å². The van der Waals surface area contributed by atoms with Crippen LogP contribution in [0.1, 0.15) is 17.0 Å². The third-order valence-corrected chi connectivity index (χ3v) is 6.06. The number of amides is 1. The maximum Gasteiger partial charge on any atom is 0.227 e. The van der Waals surface area contributed by atoms with Crippen LogP contribution in [0.25, 0.3) is 11.3 Å². The smallest absolute Gasteiger partial charge is 0.227 e. The Morgan fingerprint density at radius 1 is 0.971 bits per heavy atom. The summed E-state index contributed by atoms with van der Waals surface area (Å²) >= 11 is 0. The van der Waals surface area contributed by atoms with E-state index >= 15 is 0 Å². The summed E-state index contributed by atoms with van der Waals surface area (Å²) < 4.78 is 29.6. The van der Waals surface area contributed by atoms with E-state index in [1.54, 1.807) is 35.2 Å². The van der Waals surface area contributed by atoms with Crippen molar-refractivity contribution < 1.29 is 13.6 Å². The highest BCUT2D eigenvalue weighted by molar-refractivity contribution is 5.80. The van der Waals surface area contributed by atoms with E-state index in [0.717, 1.165) is 28.5 Å². The number of benzene rings is 3. The fraction of sp³-hybridized carbons (Fsp3) is 0.185. The Kier molecular flexibility index (Phi) is 5.84. The minimum absolute atomic E-state index is 0.00662. The second kappa shape index (κ2) is 9.09. The third-order valence-electron chi connectivity index (χ3n) is 6.06. The predicted octanol–water partition coefficient (Wildman–Crippen LogP) is 5.47. The van der Waals surface area contributed by atoms with Crippen LogP contribution in [0.5, 0.6) is 0 Å². The zero-order valence-corrected chi connectivity index (χ0v) is 18.8. The summed E-state index contributed by atoms with van der Waals surface area (Å²) in [4.78, 5) is 19.5. The van der Waals surface area contributed by atoms with E-state index in [0.29, 0.717) is 30.9 Å². The zero-order valence-electron chi connectivity index (χ0n) is 18.8. The van der Waals surface area contributed by atoms with Gasteiger partial charge < -0.3 is 14.8 Å². The van der Waals surface area contributed by atoms with Crippen LogP contribution in [0.2, 0.25) is 0 Å². The summed E-state index contributed by atoms with van der Waals surface area (Å²) in [6, 6.07) is 20.6. The van der Waals surface area contributed by atoms with Crippen molar-refractivity contribution in [3.63, 3.8) is 0 Å². The molecule has 3 aromatic carbocycles. The van der Waals surface area contributed by atoms with Gasteiger partial charge in [-0.05, 0) is 55.0 Å². The Balaban J connectivity index is 1.45. The zero-order chi connectivity index (χ0) is 23.7. The number of anilines is 2. The Morgan fingerprint density at radius 2 is 1.71 bits per heavy atom. The van der Waals surface area contributed by atoms with Gasteiger partial charge in [-0.2, -0.15) is 0 Å². The van der Waals surface area contributed by atoms with Crippen molar-refractivity contribution in [3.8, 4) is 11.3 Å². The molecule has 0 radical (unpaired) electrons. The molecule has 1 N–H and O–H groups in total. The normalized spacial score (nSPS) is 13.0. The number of imidazole rings is 1. The van der Waals surface area contributed by atoms with Gasteiger partial charge in [0.15, 0.2) is 0 Å². The van der Waals surface area contributed by atoms with E-state index in [2.05, 4.69) is 9.88 Å². The topological polar surface area (TPSA) is 50.2 Å². The molecule has 1 aliphatic heterocycles. The number of nitrogens with zero attached hydrogens (tertiary/aromatic N) is 3. The molecule has 7 heteroatoms. The molecule has 172 valence electrons. The van der Waals surface area contributed by atoms with Gasteiger partial charge in [0.1, 0.15) is 29.0 Å². The van der Waals surface area contributed by atoms with E-state index in [-0.39, 0.29) is 24.0 Å². The molecule has 0 fully saturated rings. The van der Waals surface area contributed by atoms with Crippen LogP contribution in [0, 0.1) is 18.6 Å². The summed E-state index contributed by atoms with van der Waals surface area (Å²) in [5.74, 6) is 0.688. The summed E-state index contributed by atoms with van der Waals surface area (Å²) in [5.41, 5.74) is 3.93. The summed E-state index contributed by atoms with van der Waals surface area (Å²) in [7, 11) is 0. The highest BCUT2D eigenvalue weighted by atomic mass is 19.1. The molecule has 0 bridgehead atoms. The highest BCUT2D eigenvalue weighted by Crippen LogP contribution is 2.33. The lowest BCUT2D eigenvalue weighted by atomic mass is 10.1. The Bertz CT molecular complexity index is 1330. The molecule has 0 spiro atoms. The van der Waals surface area contributed by atoms with Gasteiger partial charge in [-0.25, -0.2) is 13.8 Å². The van der Waals surface area contributed by atoms with Crippen molar-refractivity contribution in [1.29, 1.82) is 0 Å². The maximum absolute atomic E-state index is 14.0. The number of hydrogen-bond acceptors (Lipinski definition) is 3. The van der Waals surface area contributed by atoms with Crippen molar-refractivity contribution in [1.82, 2.24) is 14.5 Å². The molecule has 4 aromatic rings. The Hall–Kier alpha value is -4.00. The van der Waals surface area contributed by atoms with Crippen molar-refractivity contribution >= 4 is 17.4 Å². The quantitative estimate of drug-likeness (QED) is 0.432. The number of rotatable bonds is 5. The summed E-state index contributed by atoms with van der Waals surface area (Å²) in [6.45, 7) is 3.38. The lowest BCUT2D eigenvalue weighted by Crippen LogP contribution is -2.39. The summed E-state index contributed by atoms with van der Waals surface area (Å²) in [6.07, 6.45) is 0.00662. The fourth-order valence-corrected chi connectivity index (χ4v) is 4.17. The van der Waals surface area contributed by atoms with Crippen LogP contribution < -0.4 is 5.32 Å². The standard InChI is InChI=1S/C27H24F2N4O/c1-18-6-12-22(13-7-18)30-27-26(19-8-10-21(28)11-9-19)31-24-17-32(14-15-33(24)27)25(34)16-20-4-2-3-5-23(20)29/h2-13,30H,14-17H2,1H3. The molecule has 1 amide bonds. The maximum atomic E-state index is 14.0. The minimum atomic E-state index is -0.377. The van der Waals surface area contributed by atoms with E-state index in [1.807, 2.05) is 31.2 Å². The number of carbonyl (C=O) groups excluding carboxylic acids is 1. The second-order valence-corrected chi connectivity index (χ2v) is 8.46. The molecule has 2 heterocycles. The molecule has 0 unspecified atom stereocenters. The van der Waals surface area contributed by atoms with Crippen LogP contribution in [0.3, 0.4) is 0 Å². The monoisotopic (exact) mass is 458 g/mol. The van der Waals surface area contributed by atoms with Gasteiger partial charge in [-0.15, -0.1) is 0 Å². The van der Waals surface area contributed by atoms with Crippen molar-refractivity contribution in [3.05, 3.63) is 101 Å². The predicted molar refractivity (Wildman–Crippen MR) is 128 cm³/mol. The first-order chi connectivity index (χ1) is 16.5. The van der Waals surface area contributed by atoms with Gasteiger partial charge in [-0.1, -0.05) is 35.9 Å². The number of hydrogen-bond donors (Lipinski definition) is 1. The number of aromatic nitrogens is 2. The molecule has 34 heavy (non-hydrogen) atoms. The van der Waals surface area contributed by atoms with E-state index in [1.165, 1.54) is 18.2 Å². The first-order valence-corrected chi connectivity index (χ1v) is 11.2. The van der Waals surface area contributed by atoms with E-state index in [9.17, 15) is 13.6 Å². The second-order valence-electron chi connectivity index (χ2n) is 8.46. The molecule has 1 aromatic heterocycles. The van der Waals surface area contributed by atoms with Crippen molar-refractivity contribution in [2.75, 3.05) is 11.9 Å². The lowest BCUT2D eigenvalue weighted by Gasteiger charge is -2.29. The SMILES string of the molecule is Cc1ccc(Nc2c(-c3ccc(F)cc3)nc3n2CCN(C(=O)Cc2ccccc2F)C3)cc1. The van der Waals surface area contributed by atoms with Crippen LogP contribution in [-0.4, -0.2) is 26.9 Å². The number of aryl methyl sites for hydroxylation is 1. The third kappa shape index (κ3) is 4.41. The van der Waals surface area contributed by atoms with Crippen molar-refractivity contribution in [2.45, 2.75) is 26.4 Å². The van der Waals surface area contributed by atoms with Crippen LogP contribution in [0.4, 0.5) is 20.3 Å². The number of carbonyl (C=O) groups is 1. The molecule has 0 aliphatic carbocycles. The van der Waals surface area contributed by atoms with Crippen LogP contribution >= 0.6 is 0 Å². The Morgan fingerprint density at radius 3 is 2.44 bits per heavy atom. The molecule has 1 aliphatic rings. The van der Waals surface area contributed by atoms with Crippen LogP contribution in [0.15, 0.2) is 72.8 Å². The number of halogens is 2. The number of nitrogens with one attached hydrogen (secondary N) is 1. The lowest BCUT2D eigenvalue weighted by molar-refractivity contribution is -0.132. The summed E-state index contributed by atoms with van der Waals surface area (Å²) in [5, 5.41) is 3.47. The molecular weight excluding hydrogens is 434 g/mol. The molecule has 5 nitrogen and oxygen atoms in total. The van der Waals surface area contributed by atoms with Crippen molar-refractivity contribution in [2.24, 2.45) is 0 Å². The van der Waals surface area contributed by atoms with E-state index < -0.39 is 0 Å². The molecule has 0 saturated carbocycles. The largest absolute Gasteiger partial charge is 0.340 e. The number of fused-ring (bicyclic) bond motifs is 1. The molecule has 0 saturated heterocycles. The van der Waals surface area contributed by atoms with Gasteiger partial charge in [0, 0.05) is 24.3 Å². The minimum Gasteiger partial charge on any atom is -0.340 e.